The molecule has 0 radical (unpaired) electrons. The predicted molar refractivity (Wildman–Crippen MR) is 104 cm³/mol. The van der Waals surface area contributed by atoms with E-state index in [2.05, 4.69) is 27.8 Å². The van der Waals surface area contributed by atoms with E-state index < -0.39 is 5.50 Å². The fraction of sp³-hybridized carbons (Fsp3) is 0.250. The van der Waals surface area contributed by atoms with E-state index in [0.717, 1.165) is 16.8 Å². The smallest absolute Gasteiger partial charge is 0.204 e. The lowest BCUT2D eigenvalue weighted by Crippen LogP contribution is -2.40. The van der Waals surface area contributed by atoms with Crippen molar-refractivity contribution in [3.63, 3.8) is 0 Å². The molecular formula is C20H18ClN5O. The molecule has 1 aromatic rings. The summed E-state index contributed by atoms with van der Waals surface area (Å²) in [6, 6.07) is 7.91. The molecule has 7 heteroatoms. The van der Waals surface area contributed by atoms with Crippen LogP contribution in [0.5, 0.6) is 5.75 Å². The molecular weight excluding hydrogens is 362 g/mol. The molecule has 0 saturated carbocycles. The highest BCUT2D eigenvalue weighted by atomic mass is 35.5. The van der Waals surface area contributed by atoms with Crippen LogP contribution in [0.2, 0.25) is 0 Å². The van der Waals surface area contributed by atoms with Crippen molar-refractivity contribution in [1.82, 2.24) is 10.6 Å². The van der Waals surface area contributed by atoms with Gasteiger partial charge in [-0.25, -0.2) is 4.99 Å². The maximum absolute atomic E-state index is 9.07. The molecule has 6 nitrogen and oxygen atoms in total. The Kier molecular flexibility index (Phi) is 5.49. The first-order valence-corrected chi connectivity index (χ1v) is 8.87. The molecule has 2 atom stereocenters. The standard InChI is InChI=1S/C20H18ClN5O/c1-12-7-15(11-23)8-13(2)19(12)27-18-9-17(21)25-20(26-18)24-16-5-3-14(10-22)4-6-16/h3,5-9,14,17H,4H2,1-2H3,(H2,24,25,26). The molecule has 0 amide bonds. The monoisotopic (exact) mass is 379 g/mol. The highest BCUT2D eigenvalue weighted by Crippen LogP contribution is 2.27. The molecule has 136 valence electrons. The maximum atomic E-state index is 9.07. The quantitative estimate of drug-likeness (QED) is 0.619. The molecule has 2 unspecified atom stereocenters. The van der Waals surface area contributed by atoms with Gasteiger partial charge in [0.1, 0.15) is 5.75 Å². The van der Waals surface area contributed by atoms with Gasteiger partial charge in [-0.05, 0) is 49.6 Å². The number of benzene rings is 1. The Morgan fingerprint density at radius 2 is 2.04 bits per heavy atom. The normalized spacial score (nSPS) is 21.0. The van der Waals surface area contributed by atoms with Crippen LogP contribution in [0.25, 0.3) is 0 Å². The van der Waals surface area contributed by atoms with Crippen LogP contribution in [0.3, 0.4) is 0 Å². The molecule has 2 N–H and O–H groups in total. The van der Waals surface area contributed by atoms with E-state index in [9.17, 15) is 0 Å². The molecule has 0 fully saturated rings. The number of halogens is 1. The van der Waals surface area contributed by atoms with E-state index in [4.69, 9.17) is 26.9 Å². The molecule has 1 heterocycles. The molecule has 1 aliphatic heterocycles. The summed E-state index contributed by atoms with van der Waals surface area (Å²) in [6.45, 7) is 3.78. The fourth-order valence-corrected chi connectivity index (χ4v) is 3.04. The van der Waals surface area contributed by atoms with E-state index in [1.807, 2.05) is 32.1 Å². The fourth-order valence-electron chi connectivity index (χ4n) is 2.83. The van der Waals surface area contributed by atoms with Crippen molar-refractivity contribution in [3.8, 4) is 17.9 Å². The first-order valence-electron chi connectivity index (χ1n) is 8.43. The van der Waals surface area contributed by atoms with Gasteiger partial charge in [-0.3, -0.25) is 5.32 Å². The van der Waals surface area contributed by atoms with Crippen LogP contribution < -0.4 is 15.4 Å². The number of rotatable bonds is 3. The lowest BCUT2D eigenvalue weighted by atomic mass is 10.0. The van der Waals surface area contributed by atoms with Gasteiger partial charge in [-0.15, -0.1) is 0 Å². The second-order valence-electron chi connectivity index (χ2n) is 6.27. The van der Waals surface area contributed by atoms with E-state index in [0.29, 0.717) is 29.6 Å². The van der Waals surface area contributed by atoms with E-state index in [1.165, 1.54) is 0 Å². The van der Waals surface area contributed by atoms with Crippen LogP contribution in [0.15, 0.2) is 53.0 Å². The summed E-state index contributed by atoms with van der Waals surface area (Å²) in [5.74, 6) is 1.49. The summed E-state index contributed by atoms with van der Waals surface area (Å²) >= 11 is 6.22. The van der Waals surface area contributed by atoms with Crippen molar-refractivity contribution in [2.75, 3.05) is 0 Å². The SMILES string of the molecule is Cc1cc(C#N)cc(C)c1OC1=CC(Cl)N=C(NC2=CCC(C#N)C=C2)N1. The Balaban J connectivity index is 1.71. The summed E-state index contributed by atoms with van der Waals surface area (Å²) in [5, 5.41) is 24.2. The van der Waals surface area contributed by atoms with Crippen LogP contribution in [0.4, 0.5) is 0 Å². The number of nitrogens with zero attached hydrogens (tertiary/aromatic N) is 3. The first kappa shape index (κ1) is 18.6. The Morgan fingerprint density at radius 3 is 2.63 bits per heavy atom. The van der Waals surface area contributed by atoms with Crippen LogP contribution in [-0.4, -0.2) is 11.5 Å². The van der Waals surface area contributed by atoms with Crippen molar-refractivity contribution in [2.24, 2.45) is 10.9 Å². The molecule has 3 rings (SSSR count). The molecule has 0 spiro atoms. The second-order valence-corrected chi connectivity index (χ2v) is 6.72. The zero-order valence-electron chi connectivity index (χ0n) is 15.0. The van der Waals surface area contributed by atoms with Gasteiger partial charge >= 0.3 is 0 Å². The van der Waals surface area contributed by atoms with Crippen LogP contribution in [-0.2, 0) is 0 Å². The van der Waals surface area contributed by atoms with Gasteiger partial charge < -0.3 is 10.1 Å². The third-order valence-corrected chi connectivity index (χ3v) is 4.34. The minimum Gasteiger partial charge on any atom is -0.441 e. The Bertz CT molecular complexity index is 939. The van der Waals surface area contributed by atoms with Gasteiger partial charge in [0.15, 0.2) is 11.4 Å². The number of aliphatic imine (C=N–C) groups is 1. The summed E-state index contributed by atoms with van der Waals surface area (Å²) in [6.07, 6.45) is 7.95. The third kappa shape index (κ3) is 4.49. The van der Waals surface area contributed by atoms with Crippen molar-refractivity contribution >= 4 is 17.6 Å². The highest BCUT2D eigenvalue weighted by Gasteiger charge is 2.18. The maximum Gasteiger partial charge on any atom is 0.204 e. The predicted octanol–water partition coefficient (Wildman–Crippen LogP) is 3.49. The summed E-state index contributed by atoms with van der Waals surface area (Å²) < 4.78 is 6.00. The van der Waals surface area contributed by atoms with Gasteiger partial charge in [0.25, 0.3) is 0 Å². The van der Waals surface area contributed by atoms with Crippen molar-refractivity contribution in [1.29, 1.82) is 10.5 Å². The zero-order chi connectivity index (χ0) is 19.4. The topological polar surface area (TPSA) is 93.2 Å². The number of nitriles is 2. The van der Waals surface area contributed by atoms with Crippen molar-refractivity contribution in [2.45, 2.75) is 25.8 Å². The van der Waals surface area contributed by atoms with E-state index in [-0.39, 0.29) is 5.92 Å². The van der Waals surface area contributed by atoms with Crippen molar-refractivity contribution in [3.05, 3.63) is 64.7 Å². The number of aryl methyl sites for hydroxylation is 2. The Hall–Kier alpha value is -3.22. The second kappa shape index (κ2) is 7.99. The minimum atomic E-state index is -0.581. The van der Waals surface area contributed by atoms with Crippen LogP contribution >= 0.6 is 11.6 Å². The average molecular weight is 380 g/mol. The molecule has 2 aliphatic rings. The highest BCUT2D eigenvalue weighted by molar-refractivity contribution is 6.22. The number of ether oxygens (including phenoxy) is 1. The van der Waals surface area contributed by atoms with Gasteiger partial charge in [0.2, 0.25) is 5.96 Å². The molecule has 1 aromatic carbocycles. The molecule has 0 saturated heterocycles. The van der Waals surface area contributed by atoms with E-state index >= 15 is 0 Å². The summed E-state index contributed by atoms with van der Waals surface area (Å²) in [4.78, 5) is 4.30. The lowest BCUT2D eigenvalue weighted by Gasteiger charge is -2.23. The summed E-state index contributed by atoms with van der Waals surface area (Å²) in [7, 11) is 0. The first-order chi connectivity index (χ1) is 13.0. The molecule has 1 aliphatic carbocycles. The molecule has 0 aromatic heterocycles. The number of guanidine groups is 1. The lowest BCUT2D eigenvalue weighted by molar-refractivity contribution is 0.391. The van der Waals surface area contributed by atoms with Gasteiger partial charge in [0.05, 0.1) is 23.6 Å². The Morgan fingerprint density at radius 1 is 1.30 bits per heavy atom. The summed E-state index contributed by atoms with van der Waals surface area (Å²) in [5.41, 5.74) is 2.57. The number of hydrogen-bond acceptors (Lipinski definition) is 6. The van der Waals surface area contributed by atoms with Gasteiger partial charge in [-0.2, -0.15) is 10.5 Å². The van der Waals surface area contributed by atoms with E-state index in [1.54, 1.807) is 18.2 Å². The number of hydrogen-bond donors (Lipinski definition) is 2. The molecule has 0 bridgehead atoms. The number of allylic oxidation sites excluding steroid dienone is 3. The minimum absolute atomic E-state index is 0.0984. The van der Waals surface area contributed by atoms with Crippen LogP contribution in [0, 0.1) is 42.4 Å². The number of alkyl halides is 1. The third-order valence-electron chi connectivity index (χ3n) is 4.11. The van der Waals surface area contributed by atoms with Gasteiger partial charge in [0, 0.05) is 11.8 Å². The zero-order valence-corrected chi connectivity index (χ0v) is 15.7. The van der Waals surface area contributed by atoms with Gasteiger partial charge in [-0.1, -0.05) is 23.8 Å². The Labute approximate surface area is 163 Å². The molecule has 27 heavy (non-hydrogen) atoms. The van der Waals surface area contributed by atoms with Crippen LogP contribution in [0.1, 0.15) is 23.1 Å². The average Bonchev–Trinajstić information content (AvgIpc) is 2.64. The number of nitrogens with one attached hydrogen (secondary N) is 2. The van der Waals surface area contributed by atoms with Crippen molar-refractivity contribution < 1.29 is 4.74 Å². The largest absolute Gasteiger partial charge is 0.441 e.